The summed E-state index contributed by atoms with van der Waals surface area (Å²) in [5.41, 5.74) is 1.95. The van der Waals surface area contributed by atoms with Gasteiger partial charge in [-0.25, -0.2) is 9.78 Å². The maximum absolute atomic E-state index is 11.2. The minimum absolute atomic E-state index is 0.241. The van der Waals surface area contributed by atoms with Gasteiger partial charge in [-0.15, -0.1) is 0 Å². The number of nitrogens with zero attached hydrogens (tertiary/aromatic N) is 2. The second kappa shape index (κ2) is 4.76. The van der Waals surface area contributed by atoms with E-state index >= 15 is 0 Å². The van der Waals surface area contributed by atoms with Crippen molar-refractivity contribution in [3.05, 3.63) is 23.0 Å². The van der Waals surface area contributed by atoms with Crippen LogP contribution >= 0.6 is 0 Å². The summed E-state index contributed by atoms with van der Waals surface area (Å²) in [6.07, 6.45) is 2.15. The number of aryl methyl sites for hydroxylation is 1. The first-order valence-electron chi connectivity index (χ1n) is 6.17. The Morgan fingerprint density at radius 1 is 1.44 bits per heavy atom. The molecule has 2 aromatic rings. The van der Waals surface area contributed by atoms with Gasteiger partial charge in [-0.2, -0.15) is 0 Å². The number of aromatic carboxylic acids is 1. The fourth-order valence-electron chi connectivity index (χ4n) is 1.87. The zero-order chi connectivity index (χ0) is 13.3. The summed E-state index contributed by atoms with van der Waals surface area (Å²) in [5, 5.41) is 13.4. The third-order valence-corrected chi connectivity index (χ3v) is 2.86. The Bertz CT molecular complexity index is 585. The van der Waals surface area contributed by atoms with Crippen molar-refractivity contribution in [1.29, 1.82) is 0 Å². The molecular weight excluding hydrogens is 232 g/mol. The summed E-state index contributed by atoms with van der Waals surface area (Å²) in [5.74, 6) is -0.562. The molecule has 0 atom stereocenters. The summed E-state index contributed by atoms with van der Waals surface area (Å²) in [6, 6.07) is 1.65. The van der Waals surface area contributed by atoms with Crippen molar-refractivity contribution in [3.8, 4) is 0 Å². The predicted octanol–water partition coefficient (Wildman–Crippen LogP) is 3.13. The molecule has 0 bridgehead atoms. The summed E-state index contributed by atoms with van der Waals surface area (Å²) < 4.78 is 5.03. The van der Waals surface area contributed by atoms with E-state index in [1.807, 2.05) is 13.8 Å². The summed E-state index contributed by atoms with van der Waals surface area (Å²) in [6.45, 7) is 5.72. The van der Waals surface area contributed by atoms with Crippen molar-refractivity contribution < 1.29 is 14.4 Å². The molecule has 0 aromatic carbocycles. The first kappa shape index (κ1) is 12.5. The van der Waals surface area contributed by atoms with Gasteiger partial charge < -0.3 is 9.63 Å². The van der Waals surface area contributed by atoms with Crippen molar-refractivity contribution in [2.24, 2.45) is 0 Å². The van der Waals surface area contributed by atoms with Crippen LogP contribution in [0.25, 0.3) is 11.1 Å². The minimum atomic E-state index is -0.958. The molecule has 0 unspecified atom stereocenters. The average Bonchev–Trinajstić information content (AvgIpc) is 3.16. The van der Waals surface area contributed by atoms with Crippen LogP contribution in [0.5, 0.6) is 0 Å². The Balaban J connectivity index is 0.000000574. The number of carboxylic acids is 1. The Morgan fingerprint density at radius 2 is 2.11 bits per heavy atom. The molecule has 5 heteroatoms. The molecule has 0 aliphatic heterocycles. The molecule has 1 fully saturated rings. The summed E-state index contributed by atoms with van der Waals surface area (Å²) >= 11 is 0. The molecule has 0 amide bonds. The van der Waals surface area contributed by atoms with E-state index in [1.165, 1.54) is 0 Å². The van der Waals surface area contributed by atoms with E-state index in [2.05, 4.69) is 10.1 Å². The Morgan fingerprint density at radius 3 is 2.67 bits per heavy atom. The summed E-state index contributed by atoms with van der Waals surface area (Å²) in [7, 11) is 0. The number of hydrogen-bond donors (Lipinski definition) is 1. The lowest BCUT2D eigenvalue weighted by molar-refractivity contribution is 0.0698. The van der Waals surface area contributed by atoms with Gasteiger partial charge in [0.15, 0.2) is 0 Å². The Kier molecular flexibility index (Phi) is 3.32. The minimum Gasteiger partial charge on any atom is -0.478 e. The molecule has 3 rings (SSSR count). The Hall–Kier alpha value is -1.91. The fourth-order valence-corrected chi connectivity index (χ4v) is 1.87. The van der Waals surface area contributed by atoms with Crippen molar-refractivity contribution in [3.63, 3.8) is 0 Å². The highest BCUT2D eigenvalue weighted by Gasteiger charge is 2.28. The van der Waals surface area contributed by atoms with Gasteiger partial charge in [-0.1, -0.05) is 19.0 Å². The van der Waals surface area contributed by atoms with Gasteiger partial charge in [-0.3, -0.25) is 0 Å². The highest BCUT2D eigenvalue weighted by Crippen LogP contribution is 2.40. The SMILES string of the molecule is CC.Cc1noc2nc(C3CC3)cc(C(=O)O)c12. The fraction of sp³-hybridized carbons (Fsp3) is 0.462. The number of rotatable bonds is 2. The molecule has 18 heavy (non-hydrogen) atoms. The standard InChI is InChI=1S/C11H10N2O3.C2H6/c1-5-9-7(11(14)15)4-8(6-2-3-6)12-10(9)16-13-5;1-2/h4,6H,2-3H2,1H3,(H,14,15);1-2H3. The normalized spacial score (nSPS) is 14.2. The van der Waals surface area contributed by atoms with Gasteiger partial charge >= 0.3 is 5.97 Å². The van der Waals surface area contributed by atoms with Crippen LogP contribution in [0.2, 0.25) is 0 Å². The zero-order valence-electron chi connectivity index (χ0n) is 10.7. The molecule has 2 heterocycles. The monoisotopic (exact) mass is 248 g/mol. The van der Waals surface area contributed by atoms with Gasteiger partial charge in [0.25, 0.3) is 5.71 Å². The lowest BCUT2D eigenvalue weighted by atomic mass is 10.1. The quantitative estimate of drug-likeness (QED) is 0.883. The van der Waals surface area contributed by atoms with Crippen LogP contribution < -0.4 is 0 Å². The zero-order valence-corrected chi connectivity index (χ0v) is 10.7. The van der Waals surface area contributed by atoms with Crippen LogP contribution in [0.3, 0.4) is 0 Å². The largest absolute Gasteiger partial charge is 0.478 e. The molecule has 0 saturated heterocycles. The van der Waals surface area contributed by atoms with Crippen molar-refractivity contribution in [1.82, 2.24) is 10.1 Å². The van der Waals surface area contributed by atoms with Crippen LogP contribution in [-0.4, -0.2) is 21.2 Å². The van der Waals surface area contributed by atoms with Crippen LogP contribution in [0.4, 0.5) is 0 Å². The topological polar surface area (TPSA) is 76.2 Å². The van der Waals surface area contributed by atoms with E-state index in [0.717, 1.165) is 18.5 Å². The summed E-state index contributed by atoms with van der Waals surface area (Å²) in [4.78, 5) is 15.5. The van der Waals surface area contributed by atoms with E-state index in [1.54, 1.807) is 13.0 Å². The van der Waals surface area contributed by atoms with E-state index in [9.17, 15) is 4.79 Å². The predicted molar refractivity (Wildman–Crippen MR) is 66.8 cm³/mol. The molecule has 1 aliphatic carbocycles. The molecule has 0 radical (unpaired) electrons. The first-order chi connectivity index (χ1) is 8.66. The number of hydrogen-bond acceptors (Lipinski definition) is 4. The molecule has 1 saturated carbocycles. The van der Waals surface area contributed by atoms with Crippen molar-refractivity contribution >= 4 is 17.1 Å². The molecular formula is C13H16N2O3. The van der Waals surface area contributed by atoms with Crippen LogP contribution in [-0.2, 0) is 0 Å². The lowest BCUT2D eigenvalue weighted by Crippen LogP contribution is -2.01. The van der Waals surface area contributed by atoms with Crippen LogP contribution in [0.15, 0.2) is 10.6 Å². The molecule has 1 N–H and O–H groups in total. The number of fused-ring (bicyclic) bond motifs is 1. The number of aromatic nitrogens is 2. The third-order valence-electron chi connectivity index (χ3n) is 2.86. The van der Waals surface area contributed by atoms with Crippen molar-refractivity contribution in [2.75, 3.05) is 0 Å². The second-order valence-corrected chi connectivity index (χ2v) is 4.12. The maximum atomic E-state index is 11.2. The molecule has 5 nitrogen and oxygen atoms in total. The van der Waals surface area contributed by atoms with Gasteiger partial charge in [0.1, 0.15) is 0 Å². The van der Waals surface area contributed by atoms with E-state index in [0.29, 0.717) is 22.7 Å². The highest BCUT2D eigenvalue weighted by molar-refractivity contribution is 6.02. The van der Waals surface area contributed by atoms with Crippen LogP contribution in [0, 0.1) is 6.92 Å². The molecule has 1 aliphatic rings. The van der Waals surface area contributed by atoms with Gasteiger partial charge in [0.2, 0.25) is 0 Å². The van der Waals surface area contributed by atoms with Gasteiger partial charge in [-0.05, 0) is 25.8 Å². The number of pyridine rings is 1. The maximum Gasteiger partial charge on any atom is 0.336 e. The van der Waals surface area contributed by atoms with Gasteiger partial charge in [0.05, 0.1) is 16.6 Å². The molecule has 96 valence electrons. The molecule has 2 aromatic heterocycles. The molecule has 0 spiro atoms. The first-order valence-corrected chi connectivity index (χ1v) is 6.17. The smallest absolute Gasteiger partial charge is 0.336 e. The average molecular weight is 248 g/mol. The highest BCUT2D eigenvalue weighted by atomic mass is 16.5. The second-order valence-electron chi connectivity index (χ2n) is 4.12. The van der Waals surface area contributed by atoms with Crippen molar-refractivity contribution in [2.45, 2.75) is 39.5 Å². The van der Waals surface area contributed by atoms with E-state index in [4.69, 9.17) is 9.63 Å². The van der Waals surface area contributed by atoms with E-state index < -0.39 is 5.97 Å². The van der Waals surface area contributed by atoms with E-state index in [-0.39, 0.29) is 5.56 Å². The van der Waals surface area contributed by atoms with Crippen LogP contribution in [0.1, 0.15) is 54.4 Å². The number of carbonyl (C=O) groups is 1. The van der Waals surface area contributed by atoms with Gasteiger partial charge in [0, 0.05) is 11.6 Å². The third kappa shape index (κ3) is 2.08. The lowest BCUT2D eigenvalue weighted by Gasteiger charge is -2.00. The number of carboxylic acid groups (broad SMARTS) is 1. The Labute approximate surface area is 105 Å².